The van der Waals surface area contributed by atoms with E-state index in [1.54, 1.807) is 0 Å². The second kappa shape index (κ2) is 13.3. The summed E-state index contributed by atoms with van der Waals surface area (Å²) in [6.07, 6.45) is -10.0. The van der Waals surface area contributed by atoms with Gasteiger partial charge in [-0.3, -0.25) is 0 Å². The number of esters is 1. The minimum Gasteiger partial charge on any atom is -0.481 e. The van der Waals surface area contributed by atoms with Gasteiger partial charge < -0.3 is 9.47 Å². The van der Waals surface area contributed by atoms with Crippen molar-refractivity contribution < 1.29 is 40.6 Å². The highest BCUT2D eigenvalue weighted by Crippen LogP contribution is 2.37. The van der Waals surface area contributed by atoms with E-state index in [2.05, 4.69) is 36.1 Å². The van der Waals surface area contributed by atoms with Gasteiger partial charge in [0.2, 0.25) is 0 Å². The first kappa shape index (κ1) is 33.5. The van der Waals surface area contributed by atoms with Gasteiger partial charge in [0, 0.05) is 17.7 Å². The maximum absolute atomic E-state index is 13.2. The summed E-state index contributed by atoms with van der Waals surface area (Å²) in [7, 11) is -0.388. The fraction of sp³-hybridized carbons (Fsp3) is 0.229. The molecule has 234 valence electrons. The number of alkyl halides is 6. The molecule has 0 aliphatic heterocycles. The lowest BCUT2D eigenvalue weighted by atomic mass is 10.0. The molecule has 0 saturated carbocycles. The minimum absolute atomic E-state index is 0.0220. The van der Waals surface area contributed by atoms with Crippen molar-refractivity contribution in [2.45, 2.75) is 60.3 Å². The van der Waals surface area contributed by atoms with Crippen molar-refractivity contribution in [3.8, 4) is 17.6 Å². The average molecular weight is 644 g/mol. The largest absolute Gasteiger partial charge is 0.481 e. The molecule has 0 spiro atoms. The molecule has 4 aromatic carbocycles. The van der Waals surface area contributed by atoms with E-state index in [4.69, 9.17) is 9.47 Å². The lowest BCUT2D eigenvalue weighted by molar-refractivity contribution is -0.154. The monoisotopic (exact) mass is 643 g/mol. The molecule has 0 unspecified atom stereocenters. The number of carbonyl (C=O) groups is 1. The van der Waals surface area contributed by atoms with Crippen LogP contribution in [0, 0.1) is 25.7 Å². The van der Waals surface area contributed by atoms with Crippen molar-refractivity contribution in [1.82, 2.24) is 0 Å². The molecule has 4 rings (SSSR count). The third-order valence-electron chi connectivity index (χ3n) is 6.43. The van der Waals surface area contributed by atoms with E-state index in [1.165, 1.54) is 13.8 Å². The Labute approximate surface area is 260 Å². The molecule has 10 heteroatoms. The molecular formula is C35H29F6O3S+. The molecule has 0 aliphatic carbocycles. The van der Waals surface area contributed by atoms with Crippen LogP contribution in [0.25, 0.3) is 0 Å². The number of aryl methyl sites for hydroxylation is 2. The molecule has 0 atom stereocenters. The lowest BCUT2D eigenvalue weighted by Gasteiger charge is -2.20. The van der Waals surface area contributed by atoms with Gasteiger partial charge >= 0.3 is 18.3 Å². The topological polar surface area (TPSA) is 35.5 Å². The van der Waals surface area contributed by atoms with Gasteiger partial charge in [-0.1, -0.05) is 48.2 Å². The Bertz CT molecular complexity index is 1630. The third-order valence-corrected chi connectivity index (χ3v) is 8.62. The Morgan fingerprint density at radius 3 is 1.62 bits per heavy atom. The Morgan fingerprint density at radius 1 is 0.711 bits per heavy atom. The van der Waals surface area contributed by atoms with Crippen LogP contribution in [0.3, 0.4) is 0 Å². The first-order valence-electron chi connectivity index (χ1n) is 13.7. The second-order valence-electron chi connectivity index (χ2n) is 10.6. The Hall–Kier alpha value is -4.36. The number of carbonyl (C=O) groups excluding carboxylic acids is 1. The smallest absolute Gasteiger partial charge is 0.416 e. The van der Waals surface area contributed by atoms with Crippen LogP contribution in [0.1, 0.15) is 41.7 Å². The van der Waals surface area contributed by atoms with Crippen molar-refractivity contribution in [3.05, 3.63) is 119 Å². The fourth-order valence-electron chi connectivity index (χ4n) is 4.50. The zero-order valence-corrected chi connectivity index (χ0v) is 25.6. The molecule has 0 bridgehead atoms. The van der Waals surface area contributed by atoms with Crippen molar-refractivity contribution in [1.29, 1.82) is 0 Å². The molecule has 0 radical (unpaired) electrons. The van der Waals surface area contributed by atoms with Gasteiger partial charge in [-0.05, 0) is 81.3 Å². The van der Waals surface area contributed by atoms with Crippen LogP contribution in [0.4, 0.5) is 26.3 Å². The summed E-state index contributed by atoms with van der Waals surface area (Å²) in [5.41, 5.74) is -3.44. The molecule has 0 saturated heterocycles. The van der Waals surface area contributed by atoms with Crippen LogP contribution in [0.15, 0.2) is 106 Å². The van der Waals surface area contributed by atoms with Crippen molar-refractivity contribution >= 4 is 16.9 Å². The molecule has 45 heavy (non-hydrogen) atoms. The Morgan fingerprint density at radius 2 is 1.18 bits per heavy atom. The highest BCUT2D eigenvalue weighted by Gasteiger charge is 2.37. The first-order chi connectivity index (χ1) is 21.0. The van der Waals surface area contributed by atoms with E-state index >= 15 is 0 Å². The van der Waals surface area contributed by atoms with Crippen LogP contribution in [-0.2, 0) is 32.8 Å². The van der Waals surface area contributed by atoms with Crippen LogP contribution in [0.2, 0.25) is 0 Å². The van der Waals surface area contributed by atoms with Gasteiger partial charge in [0.15, 0.2) is 26.9 Å². The zero-order valence-electron chi connectivity index (χ0n) is 24.8. The summed E-state index contributed by atoms with van der Waals surface area (Å²) in [5.74, 6) is 4.42. The van der Waals surface area contributed by atoms with E-state index < -0.39 is 47.2 Å². The molecule has 0 amide bonds. The van der Waals surface area contributed by atoms with Gasteiger partial charge in [-0.15, -0.1) is 0 Å². The summed E-state index contributed by atoms with van der Waals surface area (Å²) in [6, 6.07) is 25.3. The summed E-state index contributed by atoms with van der Waals surface area (Å²) in [6.45, 7) is 5.99. The summed E-state index contributed by atoms with van der Waals surface area (Å²) in [4.78, 5) is 16.0. The molecule has 4 aromatic rings. The van der Waals surface area contributed by atoms with E-state index in [9.17, 15) is 31.1 Å². The Kier molecular flexibility index (Phi) is 9.93. The standard InChI is InChI=1S/C35H29F6O3S/c1-23-17-30(45(28-11-7-5-8-12-28)29-13-9-6-10-14-29)18-24(2)32(23)43-22-31(42)44-33(3,4)16-15-25-19-26(34(36,37)38)21-27(20-25)35(39,40)41/h5-14,17-21H,22H2,1-4H3/q+1. The van der Waals surface area contributed by atoms with Crippen molar-refractivity contribution in [2.75, 3.05) is 6.61 Å². The fourth-order valence-corrected chi connectivity index (χ4v) is 6.76. The van der Waals surface area contributed by atoms with Gasteiger partial charge in [0.25, 0.3) is 0 Å². The van der Waals surface area contributed by atoms with Crippen LogP contribution in [0.5, 0.6) is 5.75 Å². The minimum atomic E-state index is -5.00. The summed E-state index contributed by atoms with van der Waals surface area (Å²) < 4.78 is 90.3. The molecule has 0 heterocycles. The van der Waals surface area contributed by atoms with Crippen molar-refractivity contribution in [2.24, 2.45) is 0 Å². The van der Waals surface area contributed by atoms with E-state index in [-0.39, 0.29) is 17.0 Å². The highest BCUT2D eigenvalue weighted by atomic mass is 32.2. The first-order valence-corrected chi connectivity index (χ1v) is 14.9. The molecule has 0 fully saturated rings. The lowest BCUT2D eigenvalue weighted by Crippen LogP contribution is -2.29. The number of rotatable bonds is 7. The number of halogens is 6. The van der Waals surface area contributed by atoms with Crippen LogP contribution < -0.4 is 4.74 Å². The van der Waals surface area contributed by atoms with Crippen molar-refractivity contribution in [3.63, 3.8) is 0 Å². The third kappa shape index (κ3) is 8.85. The summed E-state index contributed by atoms with van der Waals surface area (Å²) >= 11 is 0. The number of hydrogen-bond donors (Lipinski definition) is 0. The predicted octanol–water partition coefficient (Wildman–Crippen LogP) is 9.19. The quantitative estimate of drug-likeness (QED) is 0.0872. The number of hydrogen-bond acceptors (Lipinski definition) is 3. The van der Waals surface area contributed by atoms with E-state index in [1.807, 2.05) is 62.4 Å². The van der Waals surface area contributed by atoms with E-state index in [0.29, 0.717) is 17.9 Å². The normalized spacial score (nSPS) is 12.0. The van der Waals surface area contributed by atoms with Gasteiger partial charge in [-0.25, -0.2) is 4.79 Å². The SMILES string of the molecule is Cc1cc([S+](c2ccccc2)c2ccccc2)cc(C)c1OCC(=O)OC(C)(C)C#Cc1cc(C(F)(F)F)cc(C(F)(F)F)c1. The molecule has 0 aliphatic rings. The second-order valence-corrected chi connectivity index (χ2v) is 12.7. The average Bonchev–Trinajstić information content (AvgIpc) is 2.96. The van der Waals surface area contributed by atoms with Gasteiger partial charge in [0.1, 0.15) is 5.75 Å². The Balaban J connectivity index is 1.50. The maximum atomic E-state index is 13.2. The molecule has 0 aromatic heterocycles. The zero-order chi connectivity index (χ0) is 33.0. The molecule has 0 N–H and O–H groups in total. The van der Waals surface area contributed by atoms with E-state index in [0.717, 1.165) is 25.8 Å². The molecular weight excluding hydrogens is 614 g/mol. The molecule has 3 nitrogen and oxygen atoms in total. The predicted molar refractivity (Wildman–Crippen MR) is 160 cm³/mol. The van der Waals surface area contributed by atoms with Crippen LogP contribution >= 0.6 is 0 Å². The highest BCUT2D eigenvalue weighted by molar-refractivity contribution is 7.97. The summed E-state index contributed by atoms with van der Waals surface area (Å²) in [5, 5.41) is 0. The maximum Gasteiger partial charge on any atom is 0.416 e. The number of benzene rings is 4. The van der Waals surface area contributed by atoms with Crippen LogP contribution in [-0.4, -0.2) is 18.2 Å². The van der Waals surface area contributed by atoms with Gasteiger partial charge in [-0.2, -0.15) is 26.3 Å². The number of ether oxygens (including phenoxy) is 2. The van der Waals surface area contributed by atoms with Gasteiger partial charge in [0.05, 0.1) is 22.0 Å².